The fourth-order valence-corrected chi connectivity index (χ4v) is 2.12. The smallest absolute Gasteiger partial charge is 0.150 e. The lowest BCUT2D eigenvalue weighted by Gasteiger charge is -2.21. The summed E-state index contributed by atoms with van der Waals surface area (Å²) < 4.78 is 33.0. The SMILES string of the molecule is COc1cccc(CN(C)c2c(F)cc(C#N)cc2F)c1. The predicted octanol–water partition coefficient (Wildman–Crippen LogP) is 3.48. The number of ether oxygens (including phenoxy) is 1. The number of hydrogen-bond acceptors (Lipinski definition) is 3. The van der Waals surface area contributed by atoms with Crippen molar-refractivity contribution >= 4 is 5.69 Å². The molecule has 0 aliphatic carbocycles. The van der Waals surface area contributed by atoms with Gasteiger partial charge in [-0.15, -0.1) is 0 Å². The van der Waals surface area contributed by atoms with Crippen LogP contribution in [0.3, 0.4) is 0 Å². The maximum Gasteiger partial charge on any atom is 0.150 e. The Bertz CT molecular complexity index is 672. The zero-order chi connectivity index (χ0) is 15.4. The van der Waals surface area contributed by atoms with Gasteiger partial charge in [0.25, 0.3) is 0 Å². The minimum atomic E-state index is -0.753. The predicted molar refractivity (Wildman–Crippen MR) is 76.2 cm³/mol. The molecule has 0 spiro atoms. The Balaban J connectivity index is 2.28. The van der Waals surface area contributed by atoms with E-state index in [2.05, 4.69) is 0 Å². The summed E-state index contributed by atoms with van der Waals surface area (Å²) in [5.74, 6) is -0.824. The molecule has 0 N–H and O–H groups in total. The van der Waals surface area contributed by atoms with Crippen LogP contribution in [-0.2, 0) is 6.54 Å². The van der Waals surface area contributed by atoms with Crippen LogP contribution < -0.4 is 9.64 Å². The van der Waals surface area contributed by atoms with Gasteiger partial charge in [0.2, 0.25) is 0 Å². The highest BCUT2D eigenvalue weighted by Gasteiger charge is 2.15. The summed E-state index contributed by atoms with van der Waals surface area (Å²) >= 11 is 0. The van der Waals surface area contributed by atoms with Gasteiger partial charge in [-0.1, -0.05) is 12.1 Å². The van der Waals surface area contributed by atoms with E-state index < -0.39 is 11.6 Å². The number of hydrogen-bond donors (Lipinski definition) is 0. The first-order chi connectivity index (χ1) is 10.0. The largest absolute Gasteiger partial charge is 0.497 e. The molecule has 2 rings (SSSR count). The quantitative estimate of drug-likeness (QED) is 0.864. The van der Waals surface area contributed by atoms with Crippen molar-refractivity contribution in [3.05, 3.63) is 59.2 Å². The second kappa shape index (κ2) is 6.23. The number of benzene rings is 2. The van der Waals surface area contributed by atoms with Gasteiger partial charge in [0.1, 0.15) is 11.4 Å². The third kappa shape index (κ3) is 3.29. The van der Waals surface area contributed by atoms with E-state index in [1.165, 1.54) is 4.90 Å². The molecule has 0 saturated heterocycles. The number of rotatable bonds is 4. The van der Waals surface area contributed by atoms with Crippen LogP contribution in [0.25, 0.3) is 0 Å². The molecule has 21 heavy (non-hydrogen) atoms. The van der Waals surface area contributed by atoms with Crippen LogP contribution in [0.2, 0.25) is 0 Å². The summed E-state index contributed by atoms with van der Waals surface area (Å²) in [4.78, 5) is 1.46. The fourth-order valence-electron chi connectivity index (χ4n) is 2.12. The Morgan fingerprint density at radius 3 is 2.43 bits per heavy atom. The molecule has 5 heteroatoms. The van der Waals surface area contributed by atoms with Crippen LogP contribution in [-0.4, -0.2) is 14.2 Å². The molecule has 0 fully saturated rings. The molecule has 0 aliphatic heterocycles. The van der Waals surface area contributed by atoms with Crippen molar-refractivity contribution in [3.8, 4) is 11.8 Å². The van der Waals surface area contributed by atoms with Crippen molar-refractivity contribution in [2.75, 3.05) is 19.1 Å². The van der Waals surface area contributed by atoms with Crippen LogP contribution in [0.1, 0.15) is 11.1 Å². The van der Waals surface area contributed by atoms with Gasteiger partial charge in [-0.2, -0.15) is 5.26 Å². The molecule has 0 aliphatic rings. The van der Waals surface area contributed by atoms with Crippen molar-refractivity contribution in [2.45, 2.75) is 6.54 Å². The Kier molecular flexibility index (Phi) is 4.39. The number of methoxy groups -OCH3 is 1. The van der Waals surface area contributed by atoms with E-state index in [-0.39, 0.29) is 11.3 Å². The van der Waals surface area contributed by atoms with Crippen LogP contribution in [0, 0.1) is 23.0 Å². The number of nitriles is 1. The van der Waals surface area contributed by atoms with Gasteiger partial charge in [-0.05, 0) is 29.8 Å². The molecule has 2 aromatic carbocycles. The maximum absolute atomic E-state index is 13.9. The van der Waals surface area contributed by atoms with Crippen molar-refractivity contribution in [1.29, 1.82) is 5.26 Å². The van der Waals surface area contributed by atoms with Crippen molar-refractivity contribution in [1.82, 2.24) is 0 Å². The van der Waals surface area contributed by atoms with Gasteiger partial charge in [-0.25, -0.2) is 8.78 Å². The van der Waals surface area contributed by atoms with Gasteiger partial charge in [0.15, 0.2) is 11.6 Å². The van der Waals surface area contributed by atoms with Gasteiger partial charge in [0, 0.05) is 13.6 Å². The van der Waals surface area contributed by atoms with Crippen LogP contribution in [0.4, 0.5) is 14.5 Å². The monoisotopic (exact) mass is 288 g/mol. The third-order valence-electron chi connectivity index (χ3n) is 3.08. The normalized spacial score (nSPS) is 10.0. The standard InChI is InChI=1S/C16H14F2N2O/c1-20(10-11-4-3-5-13(6-11)21-2)16-14(17)7-12(9-19)8-15(16)18/h3-8H,10H2,1-2H3. The lowest BCUT2D eigenvalue weighted by molar-refractivity contribution is 0.414. The molecular weight excluding hydrogens is 274 g/mol. The highest BCUT2D eigenvalue weighted by atomic mass is 19.1. The summed E-state index contributed by atoms with van der Waals surface area (Å²) in [6.45, 7) is 0.316. The zero-order valence-corrected chi connectivity index (χ0v) is 11.7. The topological polar surface area (TPSA) is 36.3 Å². The van der Waals surface area contributed by atoms with Crippen molar-refractivity contribution < 1.29 is 13.5 Å². The highest BCUT2D eigenvalue weighted by molar-refractivity contribution is 5.52. The summed E-state index contributed by atoms with van der Waals surface area (Å²) in [5, 5.41) is 8.70. The molecule has 0 atom stereocenters. The molecule has 108 valence electrons. The number of anilines is 1. The van der Waals surface area contributed by atoms with Crippen LogP contribution >= 0.6 is 0 Å². The lowest BCUT2D eigenvalue weighted by atomic mass is 10.1. The first kappa shape index (κ1) is 14.8. The van der Waals surface area contributed by atoms with E-state index in [1.54, 1.807) is 32.4 Å². The number of nitrogens with zero attached hydrogens (tertiary/aromatic N) is 2. The van der Waals surface area contributed by atoms with E-state index in [0.717, 1.165) is 17.7 Å². The van der Waals surface area contributed by atoms with E-state index >= 15 is 0 Å². The molecule has 0 unspecified atom stereocenters. The summed E-state index contributed by atoms with van der Waals surface area (Å²) in [6, 6.07) is 11.0. The van der Waals surface area contributed by atoms with E-state index in [9.17, 15) is 8.78 Å². The van der Waals surface area contributed by atoms with Crippen molar-refractivity contribution in [3.63, 3.8) is 0 Å². The van der Waals surface area contributed by atoms with E-state index in [1.807, 2.05) is 12.1 Å². The van der Waals surface area contributed by atoms with Crippen LogP contribution in [0.5, 0.6) is 5.75 Å². The fraction of sp³-hybridized carbons (Fsp3) is 0.188. The Hall–Kier alpha value is -2.61. The Morgan fingerprint density at radius 2 is 1.86 bits per heavy atom. The molecule has 3 nitrogen and oxygen atoms in total. The first-order valence-electron chi connectivity index (χ1n) is 6.28. The van der Waals surface area contributed by atoms with Gasteiger partial charge >= 0.3 is 0 Å². The minimum Gasteiger partial charge on any atom is -0.497 e. The molecular formula is C16H14F2N2O. The Labute approximate surface area is 122 Å². The maximum atomic E-state index is 13.9. The highest BCUT2D eigenvalue weighted by Crippen LogP contribution is 2.25. The van der Waals surface area contributed by atoms with E-state index in [0.29, 0.717) is 12.3 Å². The Morgan fingerprint density at radius 1 is 1.19 bits per heavy atom. The summed E-state index contributed by atoms with van der Waals surface area (Å²) in [6.07, 6.45) is 0. The third-order valence-corrected chi connectivity index (χ3v) is 3.08. The van der Waals surface area contributed by atoms with Gasteiger partial charge in [0.05, 0.1) is 18.7 Å². The molecule has 0 bridgehead atoms. The first-order valence-corrected chi connectivity index (χ1v) is 6.28. The lowest BCUT2D eigenvalue weighted by Crippen LogP contribution is -2.19. The van der Waals surface area contributed by atoms with Gasteiger partial charge < -0.3 is 9.64 Å². The summed E-state index contributed by atoms with van der Waals surface area (Å²) in [5.41, 5.74) is 0.667. The molecule has 0 saturated carbocycles. The molecule has 0 radical (unpaired) electrons. The average molecular weight is 288 g/mol. The van der Waals surface area contributed by atoms with E-state index in [4.69, 9.17) is 10.00 Å². The zero-order valence-electron chi connectivity index (χ0n) is 11.7. The molecule has 0 heterocycles. The minimum absolute atomic E-state index is 0.0384. The molecule has 2 aromatic rings. The second-order valence-electron chi connectivity index (χ2n) is 4.61. The molecule has 0 amide bonds. The van der Waals surface area contributed by atoms with Gasteiger partial charge in [-0.3, -0.25) is 0 Å². The second-order valence-corrected chi connectivity index (χ2v) is 4.61. The number of halogens is 2. The van der Waals surface area contributed by atoms with Crippen molar-refractivity contribution in [2.24, 2.45) is 0 Å². The summed E-state index contributed by atoms with van der Waals surface area (Å²) in [7, 11) is 3.15. The molecule has 0 aromatic heterocycles. The van der Waals surface area contributed by atoms with Crippen LogP contribution in [0.15, 0.2) is 36.4 Å². The average Bonchev–Trinajstić information content (AvgIpc) is 2.46.